The first kappa shape index (κ1) is 15.5. The van der Waals surface area contributed by atoms with Crippen LogP contribution in [0.4, 0.5) is 5.69 Å². The predicted octanol–water partition coefficient (Wildman–Crippen LogP) is 4.25. The van der Waals surface area contributed by atoms with Crippen LogP contribution in [0.25, 0.3) is 0 Å². The molecule has 4 nitrogen and oxygen atoms in total. The second kappa shape index (κ2) is 6.74. The Balaban J connectivity index is 2.24. The fourth-order valence-corrected chi connectivity index (χ4v) is 3.07. The molecule has 21 heavy (non-hydrogen) atoms. The van der Waals surface area contributed by atoms with Crippen molar-refractivity contribution >= 4 is 17.4 Å². The van der Waals surface area contributed by atoms with E-state index < -0.39 is 11.0 Å². The van der Waals surface area contributed by atoms with Crippen LogP contribution in [0.2, 0.25) is 0 Å². The van der Waals surface area contributed by atoms with Crippen LogP contribution < -0.4 is 0 Å². The second-order valence-corrected chi connectivity index (χ2v) is 5.89. The average Bonchev–Trinajstić information content (AvgIpc) is 2.46. The molecule has 0 amide bonds. The van der Waals surface area contributed by atoms with Crippen molar-refractivity contribution in [1.29, 1.82) is 0 Å². The summed E-state index contributed by atoms with van der Waals surface area (Å²) < 4.78 is 0. The van der Waals surface area contributed by atoms with Crippen LogP contribution in [0.5, 0.6) is 0 Å². The summed E-state index contributed by atoms with van der Waals surface area (Å²) in [7, 11) is 0. The third-order valence-corrected chi connectivity index (χ3v) is 4.42. The Morgan fingerprint density at radius 3 is 2.62 bits per heavy atom. The summed E-state index contributed by atoms with van der Waals surface area (Å²) in [4.78, 5) is 11.4. The van der Waals surface area contributed by atoms with E-state index in [4.69, 9.17) is 0 Å². The molecule has 0 aliphatic carbocycles. The van der Waals surface area contributed by atoms with Crippen molar-refractivity contribution in [2.24, 2.45) is 0 Å². The van der Waals surface area contributed by atoms with Gasteiger partial charge in [-0.05, 0) is 36.6 Å². The Bertz CT molecular complexity index is 656. The molecule has 2 rings (SSSR count). The molecule has 0 aliphatic rings. The van der Waals surface area contributed by atoms with E-state index >= 15 is 0 Å². The normalized spacial score (nSPS) is 12.1. The SMILES string of the molecule is Cc1ccccc1CSc1ccc([C@@H](C)O)cc1[N+](=O)[O-]. The lowest BCUT2D eigenvalue weighted by molar-refractivity contribution is -0.387. The third kappa shape index (κ3) is 3.83. The van der Waals surface area contributed by atoms with Gasteiger partial charge in [-0.1, -0.05) is 30.3 Å². The molecule has 110 valence electrons. The highest BCUT2D eigenvalue weighted by molar-refractivity contribution is 7.98. The van der Waals surface area contributed by atoms with Gasteiger partial charge in [0.05, 0.1) is 15.9 Å². The standard InChI is InChI=1S/C16H17NO3S/c1-11-5-3-4-6-14(11)10-21-16-8-7-13(12(2)18)9-15(16)17(19)20/h3-9,12,18H,10H2,1-2H3/t12-/m1/s1. The summed E-state index contributed by atoms with van der Waals surface area (Å²) in [6, 6.07) is 12.9. The van der Waals surface area contributed by atoms with Gasteiger partial charge in [-0.2, -0.15) is 0 Å². The average molecular weight is 303 g/mol. The Kier molecular flexibility index (Phi) is 4.98. The highest BCUT2D eigenvalue weighted by atomic mass is 32.2. The lowest BCUT2D eigenvalue weighted by atomic mass is 10.1. The molecule has 0 radical (unpaired) electrons. The molecule has 0 unspecified atom stereocenters. The van der Waals surface area contributed by atoms with Crippen LogP contribution >= 0.6 is 11.8 Å². The van der Waals surface area contributed by atoms with E-state index in [2.05, 4.69) is 0 Å². The number of nitrogens with zero attached hydrogens (tertiary/aromatic N) is 1. The maximum Gasteiger partial charge on any atom is 0.283 e. The van der Waals surface area contributed by atoms with E-state index in [9.17, 15) is 15.2 Å². The number of nitro benzene ring substituents is 1. The Morgan fingerprint density at radius 2 is 2.00 bits per heavy atom. The monoisotopic (exact) mass is 303 g/mol. The Labute approximate surface area is 128 Å². The van der Waals surface area contributed by atoms with Crippen LogP contribution in [-0.4, -0.2) is 10.0 Å². The molecule has 2 aromatic rings. The summed E-state index contributed by atoms with van der Waals surface area (Å²) in [5, 5.41) is 20.7. The molecule has 0 saturated heterocycles. The van der Waals surface area contributed by atoms with E-state index in [1.165, 1.54) is 23.4 Å². The third-order valence-electron chi connectivity index (χ3n) is 3.31. The first-order valence-electron chi connectivity index (χ1n) is 6.62. The van der Waals surface area contributed by atoms with Crippen molar-refractivity contribution in [3.63, 3.8) is 0 Å². The molecule has 0 aromatic heterocycles. The molecule has 0 spiro atoms. The number of hydrogen-bond donors (Lipinski definition) is 1. The zero-order valence-corrected chi connectivity index (χ0v) is 12.8. The molecule has 1 atom stereocenters. The summed E-state index contributed by atoms with van der Waals surface area (Å²) in [6.07, 6.45) is -0.709. The van der Waals surface area contributed by atoms with Crippen LogP contribution in [0, 0.1) is 17.0 Å². The molecule has 5 heteroatoms. The van der Waals surface area contributed by atoms with Gasteiger partial charge in [0.2, 0.25) is 0 Å². The number of thioether (sulfide) groups is 1. The summed E-state index contributed by atoms with van der Waals surface area (Å²) in [5.74, 6) is 0.682. The lowest BCUT2D eigenvalue weighted by Gasteiger charge is -2.09. The van der Waals surface area contributed by atoms with E-state index in [1.807, 2.05) is 31.2 Å². The van der Waals surface area contributed by atoms with Crippen molar-refractivity contribution in [3.8, 4) is 0 Å². The van der Waals surface area contributed by atoms with E-state index in [0.717, 1.165) is 5.56 Å². The molecule has 1 N–H and O–H groups in total. The van der Waals surface area contributed by atoms with E-state index in [1.54, 1.807) is 19.1 Å². The lowest BCUT2D eigenvalue weighted by Crippen LogP contribution is -1.96. The second-order valence-electron chi connectivity index (χ2n) is 4.88. The quantitative estimate of drug-likeness (QED) is 0.509. The maximum absolute atomic E-state index is 11.2. The van der Waals surface area contributed by atoms with Crippen LogP contribution in [0.15, 0.2) is 47.4 Å². The Morgan fingerprint density at radius 1 is 1.29 bits per heavy atom. The first-order valence-corrected chi connectivity index (χ1v) is 7.61. The number of rotatable bonds is 5. The summed E-state index contributed by atoms with van der Waals surface area (Å²) >= 11 is 1.44. The first-order chi connectivity index (χ1) is 9.99. The van der Waals surface area contributed by atoms with Gasteiger partial charge in [-0.3, -0.25) is 10.1 Å². The molecule has 0 heterocycles. The van der Waals surface area contributed by atoms with Crippen LogP contribution in [0.3, 0.4) is 0 Å². The van der Waals surface area contributed by atoms with E-state index in [0.29, 0.717) is 16.2 Å². The van der Waals surface area contributed by atoms with Gasteiger partial charge in [0.1, 0.15) is 0 Å². The molecule has 0 aliphatic heterocycles. The number of nitro groups is 1. The molecule has 0 saturated carbocycles. The van der Waals surface area contributed by atoms with Crippen molar-refractivity contribution in [1.82, 2.24) is 0 Å². The van der Waals surface area contributed by atoms with Crippen molar-refractivity contribution in [3.05, 3.63) is 69.3 Å². The number of aryl methyl sites for hydroxylation is 1. The van der Waals surface area contributed by atoms with Gasteiger partial charge >= 0.3 is 0 Å². The zero-order chi connectivity index (χ0) is 15.4. The highest BCUT2D eigenvalue weighted by Gasteiger charge is 2.17. The van der Waals surface area contributed by atoms with Crippen molar-refractivity contribution in [2.45, 2.75) is 30.6 Å². The molecule has 2 aromatic carbocycles. The van der Waals surface area contributed by atoms with Gasteiger partial charge < -0.3 is 5.11 Å². The minimum Gasteiger partial charge on any atom is -0.389 e. The van der Waals surface area contributed by atoms with Gasteiger partial charge in [0.25, 0.3) is 5.69 Å². The van der Waals surface area contributed by atoms with Gasteiger partial charge in [-0.15, -0.1) is 11.8 Å². The number of hydrogen-bond acceptors (Lipinski definition) is 4. The zero-order valence-electron chi connectivity index (χ0n) is 11.9. The summed E-state index contributed by atoms with van der Waals surface area (Å²) in [6.45, 7) is 3.63. The van der Waals surface area contributed by atoms with E-state index in [-0.39, 0.29) is 5.69 Å². The molecule has 0 fully saturated rings. The molecular weight excluding hydrogens is 286 g/mol. The smallest absolute Gasteiger partial charge is 0.283 e. The minimum atomic E-state index is -0.709. The molecular formula is C16H17NO3S. The number of aliphatic hydroxyl groups is 1. The number of benzene rings is 2. The molecule has 0 bridgehead atoms. The summed E-state index contributed by atoms with van der Waals surface area (Å²) in [5.41, 5.74) is 2.94. The van der Waals surface area contributed by atoms with Gasteiger partial charge in [0.15, 0.2) is 0 Å². The topological polar surface area (TPSA) is 63.4 Å². The van der Waals surface area contributed by atoms with Crippen LogP contribution in [0.1, 0.15) is 29.7 Å². The van der Waals surface area contributed by atoms with Gasteiger partial charge in [0, 0.05) is 11.8 Å². The maximum atomic E-state index is 11.2. The van der Waals surface area contributed by atoms with Crippen molar-refractivity contribution < 1.29 is 10.0 Å². The fourth-order valence-electron chi connectivity index (χ4n) is 1.99. The Hall–Kier alpha value is -1.85. The highest BCUT2D eigenvalue weighted by Crippen LogP contribution is 2.34. The van der Waals surface area contributed by atoms with Crippen molar-refractivity contribution in [2.75, 3.05) is 0 Å². The number of aliphatic hydroxyl groups excluding tert-OH is 1. The minimum absolute atomic E-state index is 0.0481. The predicted molar refractivity (Wildman–Crippen MR) is 84.5 cm³/mol. The largest absolute Gasteiger partial charge is 0.389 e. The van der Waals surface area contributed by atoms with Crippen LogP contribution in [-0.2, 0) is 5.75 Å². The van der Waals surface area contributed by atoms with Gasteiger partial charge in [-0.25, -0.2) is 0 Å². The fraction of sp³-hybridized carbons (Fsp3) is 0.250.